The summed E-state index contributed by atoms with van der Waals surface area (Å²) in [6.45, 7) is 5.98. The Labute approximate surface area is 148 Å². The summed E-state index contributed by atoms with van der Waals surface area (Å²) in [5.41, 5.74) is -0.815. The molecule has 2 aliphatic heterocycles. The third-order valence-electron chi connectivity index (χ3n) is 5.29. The van der Waals surface area contributed by atoms with Crippen molar-refractivity contribution in [3.63, 3.8) is 0 Å². The Balaban J connectivity index is 1.83. The summed E-state index contributed by atoms with van der Waals surface area (Å²) in [6, 6.07) is 5.62. The normalized spacial score (nSPS) is 26.3. The fourth-order valence-corrected chi connectivity index (χ4v) is 4.02. The van der Waals surface area contributed by atoms with Crippen LogP contribution in [0.5, 0.6) is 0 Å². The molecule has 1 aromatic rings. The van der Waals surface area contributed by atoms with Crippen molar-refractivity contribution in [3.8, 4) is 0 Å². The van der Waals surface area contributed by atoms with Crippen molar-refractivity contribution in [2.24, 2.45) is 11.3 Å². The molecule has 2 aliphatic rings. The zero-order valence-electron chi connectivity index (χ0n) is 14.8. The van der Waals surface area contributed by atoms with Gasteiger partial charge in [0, 0.05) is 44.3 Å². The first-order valence-electron chi connectivity index (χ1n) is 8.87. The van der Waals surface area contributed by atoms with Crippen LogP contribution in [0.15, 0.2) is 24.4 Å². The second-order valence-corrected chi connectivity index (χ2v) is 7.38. The number of likely N-dealkylation sites (tertiary alicyclic amines) is 1. The molecule has 0 aromatic carbocycles. The summed E-state index contributed by atoms with van der Waals surface area (Å²) < 4.78 is 0. The first-order valence-corrected chi connectivity index (χ1v) is 8.87. The van der Waals surface area contributed by atoms with Crippen LogP contribution in [0, 0.1) is 11.3 Å². The lowest BCUT2D eigenvalue weighted by Gasteiger charge is -2.29. The van der Waals surface area contributed by atoms with Gasteiger partial charge in [0.05, 0.1) is 5.41 Å². The molecule has 3 rings (SSSR count). The molecule has 0 spiro atoms. The SMILES string of the molecule is CC(C)NC(=O)N1CCC[C@]2(C(=O)O)CN(c3ccccn3)C[C@@H]2C1. The smallest absolute Gasteiger partial charge is 0.317 e. The first-order chi connectivity index (χ1) is 11.9. The Kier molecular flexibility index (Phi) is 4.83. The number of aliphatic carboxylic acids is 1. The average molecular weight is 346 g/mol. The second kappa shape index (κ2) is 6.90. The number of rotatable bonds is 3. The van der Waals surface area contributed by atoms with E-state index in [0.29, 0.717) is 39.0 Å². The van der Waals surface area contributed by atoms with E-state index < -0.39 is 11.4 Å². The molecule has 3 heterocycles. The number of pyridine rings is 1. The first kappa shape index (κ1) is 17.5. The van der Waals surface area contributed by atoms with Crippen molar-refractivity contribution in [1.29, 1.82) is 0 Å². The van der Waals surface area contributed by atoms with Crippen molar-refractivity contribution in [1.82, 2.24) is 15.2 Å². The van der Waals surface area contributed by atoms with E-state index in [-0.39, 0.29) is 18.0 Å². The highest BCUT2D eigenvalue weighted by Gasteiger charge is 2.54. The average Bonchev–Trinajstić information content (AvgIpc) is 2.84. The Morgan fingerprint density at radius 1 is 1.36 bits per heavy atom. The summed E-state index contributed by atoms with van der Waals surface area (Å²) in [7, 11) is 0. The highest BCUT2D eigenvalue weighted by molar-refractivity contribution is 5.78. The highest BCUT2D eigenvalue weighted by atomic mass is 16.4. The second-order valence-electron chi connectivity index (χ2n) is 7.38. The van der Waals surface area contributed by atoms with Crippen LogP contribution in [0.2, 0.25) is 0 Å². The number of nitrogens with zero attached hydrogens (tertiary/aromatic N) is 3. The molecule has 2 amide bonds. The number of anilines is 1. The minimum absolute atomic E-state index is 0.0635. The third kappa shape index (κ3) is 3.41. The quantitative estimate of drug-likeness (QED) is 0.872. The molecule has 2 atom stereocenters. The van der Waals surface area contributed by atoms with Gasteiger partial charge in [-0.25, -0.2) is 9.78 Å². The molecule has 2 N–H and O–H groups in total. The molecular weight excluding hydrogens is 320 g/mol. The number of aromatic nitrogens is 1. The molecule has 25 heavy (non-hydrogen) atoms. The molecule has 0 saturated carbocycles. The standard InChI is InChI=1S/C18H26N4O3/c1-13(2)20-17(25)21-9-5-7-18(16(23)24)12-22(11-14(18)10-21)15-6-3-4-8-19-15/h3-4,6,8,13-14H,5,7,9-12H2,1-2H3,(H,20,25)(H,23,24)/t14-,18-/m0/s1. The lowest BCUT2D eigenvalue weighted by atomic mass is 9.75. The number of urea groups is 1. The van der Waals surface area contributed by atoms with Gasteiger partial charge in [-0.3, -0.25) is 4.79 Å². The lowest BCUT2D eigenvalue weighted by molar-refractivity contribution is -0.150. The number of carbonyl (C=O) groups excluding carboxylic acids is 1. The molecule has 2 fully saturated rings. The predicted molar refractivity (Wildman–Crippen MR) is 94.5 cm³/mol. The van der Waals surface area contributed by atoms with Crippen molar-refractivity contribution >= 4 is 17.8 Å². The van der Waals surface area contributed by atoms with Crippen LogP contribution in [0.4, 0.5) is 10.6 Å². The molecule has 0 radical (unpaired) electrons. The van der Waals surface area contributed by atoms with Gasteiger partial charge in [-0.15, -0.1) is 0 Å². The van der Waals surface area contributed by atoms with Gasteiger partial charge >= 0.3 is 12.0 Å². The van der Waals surface area contributed by atoms with Gasteiger partial charge in [0.25, 0.3) is 0 Å². The molecule has 0 unspecified atom stereocenters. The fraction of sp³-hybridized carbons (Fsp3) is 0.611. The molecule has 136 valence electrons. The van der Waals surface area contributed by atoms with E-state index in [1.807, 2.05) is 36.9 Å². The van der Waals surface area contributed by atoms with Crippen LogP contribution >= 0.6 is 0 Å². The summed E-state index contributed by atoms with van der Waals surface area (Å²) in [6.07, 6.45) is 3.01. The molecule has 0 aliphatic carbocycles. The van der Waals surface area contributed by atoms with E-state index in [0.717, 1.165) is 5.82 Å². The van der Waals surface area contributed by atoms with Gasteiger partial charge < -0.3 is 20.2 Å². The number of hydrogen-bond donors (Lipinski definition) is 2. The van der Waals surface area contributed by atoms with Crippen molar-refractivity contribution in [2.75, 3.05) is 31.1 Å². The van der Waals surface area contributed by atoms with Crippen molar-refractivity contribution in [2.45, 2.75) is 32.7 Å². The number of hydrogen-bond acceptors (Lipinski definition) is 4. The van der Waals surface area contributed by atoms with Gasteiger partial charge in [0.15, 0.2) is 0 Å². The third-order valence-corrected chi connectivity index (χ3v) is 5.29. The number of nitrogens with one attached hydrogen (secondary N) is 1. The zero-order chi connectivity index (χ0) is 18.0. The Morgan fingerprint density at radius 3 is 2.80 bits per heavy atom. The van der Waals surface area contributed by atoms with E-state index >= 15 is 0 Å². The lowest BCUT2D eigenvalue weighted by Crippen LogP contribution is -2.47. The van der Waals surface area contributed by atoms with E-state index in [1.54, 1.807) is 11.1 Å². The van der Waals surface area contributed by atoms with Gasteiger partial charge in [0.2, 0.25) is 0 Å². The van der Waals surface area contributed by atoms with E-state index in [1.165, 1.54) is 0 Å². The minimum atomic E-state index is -0.815. The summed E-state index contributed by atoms with van der Waals surface area (Å²) in [5.74, 6) is -0.0659. The van der Waals surface area contributed by atoms with Gasteiger partial charge in [-0.2, -0.15) is 0 Å². The fourth-order valence-electron chi connectivity index (χ4n) is 4.02. The summed E-state index contributed by atoms with van der Waals surface area (Å²) in [5, 5.41) is 12.9. The predicted octanol–water partition coefficient (Wildman–Crippen LogP) is 1.80. The molecular formula is C18H26N4O3. The summed E-state index contributed by atoms with van der Waals surface area (Å²) >= 11 is 0. The molecule has 2 saturated heterocycles. The molecule has 1 aromatic heterocycles. The van der Waals surface area contributed by atoms with E-state index in [4.69, 9.17) is 0 Å². The van der Waals surface area contributed by atoms with Crippen LogP contribution < -0.4 is 10.2 Å². The van der Waals surface area contributed by atoms with Crippen LogP contribution in [0.3, 0.4) is 0 Å². The van der Waals surface area contributed by atoms with Crippen molar-refractivity contribution in [3.05, 3.63) is 24.4 Å². The number of carboxylic acid groups (broad SMARTS) is 1. The summed E-state index contributed by atoms with van der Waals surface area (Å²) in [4.78, 5) is 32.8. The van der Waals surface area contributed by atoms with Crippen LogP contribution in [0.25, 0.3) is 0 Å². The maximum absolute atomic E-state index is 12.4. The number of carboxylic acids is 1. The highest BCUT2D eigenvalue weighted by Crippen LogP contribution is 2.44. The van der Waals surface area contributed by atoms with Crippen LogP contribution in [0.1, 0.15) is 26.7 Å². The Hall–Kier alpha value is -2.31. The number of amides is 2. The largest absolute Gasteiger partial charge is 0.481 e. The van der Waals surface area contributed by atoms with Gasteiger partial charge in [0.1, 0.15) is 5.82 Å². The molecule has 7 heteroatoms. The minimum Gasteiger partial charge on any atom is -0.481 e. The van der Waals surface area contributed by atoms with E-state index in [9.17, 15) is 14.7 Å². The van der Waals surface area contributed by atoms with Crippen LogP contribution in [-0.4, -0.2) is 59.2 Å². The van der Waals surface area contributed by atoms with Gasteiger partial charge in [-0.05, 0) is 38.8 Å². The van der Waals surface area contributed by atoms with Crippen molar-refractivity contribution < 1.29 is 14.7 Å². The number of fused-ring (bicyclic) bond motifs is 1. The molecule has 7 nitrogen and oxygen atoms in total. The topological polar surface area (TPSA) is 85.8 Å². The Bertz CT molecular complexity index is 636. The number of carbonyl (C=O) groups is 2. The van der Waals surface area contributed by atoms with Crippen LogP contribution in [-0.2, 0) is 4.79 Å². The van der Waals surface area contributed by atoms with E-state index in [2.05, 4.69) is 10.3 Å². The zero-order valence-corrected chi connectivity index (χ0v) is 14.8. The Morgan fingerprint density at radius 2 is 2.16 bits per heavy atom. The maximum Gasteiger partial charge on any atom is 0.317 e. The molecule has 0 bridgehead atoms. The monoisotopic (exact) mass is 346 g/mol. The van der Waals surface area contributed by atoms with Gasteiger partial charge in [-0.1, -0.05) is 6.07 Å². The maximum atomic E-state index is 12.4.